The molecular weight excluding hydrogens is 450 g/mol. The van der Waals surface area contributed by atoms with Crippen molar-refractivity contribution in [1.29, 1.82) is 0 Å². The van der Waals surface area contributed by atoms with Gasteiger partial charge in [0.2, 0.25) is 0 Å². The fraction of sp³-hybridized carbons (Fsp3) is 0.609. The smallest absolute Gasteiger partial charge is 0.408 e. The van der Waals surface area contributed by atoms with Gasteiger partial charge in [-0.1, -0.05) is 29.8 Å². The highest BCUT2D eigenvalue weighted by molar-refractivity contribution is 6.31. The molecule has 0 aliphatic rings. The number of carboxylic acids is 1. The highest BCUT2D eigenvalue weighted by Crippen LogP contribution is 2.15. The summed E-state index contributed by atoms with van der Waals surface area (Å²) in [4.78, 5) is 34.6. The first-order valence-electron chi connectivity index (χ1n) is 10.7. The number of carbonyl (C=O) groups excluding carboxylic acids is 2. The Kier molecular flexibility index (Phi) is 13.5. The predicted octanol–water partition coefficient (Wildman–Crippen LogP) is 4.46. The summed E-state index contributed by atoms with van der Waals surface area (Å²) in [7, 11) is 0. The number of amides is 2. The number of carboxylic acid groups (broad SMARTS) is 1. The standard InChI is InChI=1S/C19H27ClN2O6.C4H11N/c1-19(2,3)28-18(26)22-15(16(23)24)10-6-7-11-21-17(25)27-12-13-8-4-5-9-14(13)20;1-4(2,3)5/h4-5,8-9,15H,6-7,10-12H2,1-3H3,(H,21,25)(H,22,26)(H,23,24);5H2,1-3H3/t15-;/m0./s1. The number of unbranched alkanes of at least 4 members (excludes halogenated alkanes) is 1. The van der Waals surface area contributed by atoms with E-state index in [1.807, 2.05) is 20.8 Å². The van der Waals surface area contributed by atoms with Crippen molar-refractivity contribution in [2.45, 2.75) is 84.6 Å². The largest absolute Gasteiger partial charge is 0.480 e. The Bertz CT molecular complexity index is 753. The van der Waals surface area contributed by atoms with E-state index in [-0.39, 0.29) is 18.6 Å². The fourth-order valence-electron chi connectivity index (χ4n) is 2.18. The lowest BCUT2D eigenvalue weighted by Gasteiger charge is -2.22. The number of halogens is 1. The number of alkyl carbamates (subject to hydrolysis) is 2. The van der Waals surface area contributed by atoms with Gasteiger partial charge in [-0.05, 0) is 66.9 Å². The van der Waals surface area contributed by atoms with Gasteiger partial charge in [0, 0.05) is 22.7 Å². The number of hydrogen-bond acceptors (Lipinski definition) is 6. The number of benzene rings is 1. The Morgan fingerprint density at radius 1 is 1.06 bits per heavy atom. The topological polar surface area (TPSA) is 140 Å². The lowest BCUT2D eigenvalue weighted by Crippen LogP contribution is -2.43. The Morgan fingerprint density at radius 2 is 1.64 bits per heavy atom. The van der Waals surface area contributed by atoms with Crippen LogP contribution in [0.25, 0.3) is 0 Å². The Labute approximate surface area is 201 Å². The van der Waals surface area contributed by atoms with E-state index in [9.17, 15) is 19.5 Å². The minimum atomic E-state index is -1.14. The highest BCUT2D eigenvalue weighted by Gasteiger charge is 2.23. The predicted molar refractivity (Wildman–Crippen MR) is 128 cm³/mol. The van der Waals surface area contributed by atoms with Crippen LogP contribution in [0.5, 0.6) is 0 Å². The van der Waals surface area contributed by atoms with Gasteiger partial charge in [0.05, 0.1) is 0 Å². The van der Waals surface area contributed by atoms with Gasteiger partial charge in [-0.2, -0.15) is 0 Å². The number of nitrogens with one attached hydrogen (secondary N) is 2. The van der Waals surface area contributed by atoms with Crippen molar-refractivity contribution in [1.82, 2.24) is 10.6 Å². The maximum atomic E-state index is 11.7. The molecule has 0 aliphatic heterocycles. The average molecular weight is 488 g/mol. The second-order valence-corrected chi connectivity index (χ2v) is 9.90. The molecule has 0 spiro atoms. The van der Waals surface area contributed by atoms with Gasteiger partial charge in [0.1, 0.15) is 18.2 Å². The zero-order valence-corrected chi connectivity index (χ0v) is 21.1. The van der Waals surface area contributed by atoms with Gasteiger partial charge in [0.15, 0.2) is 0 Å². The van der Waals surface area contributed by atoms with Crippen LogP contribution in [0.2, 0.25) is 5.02 Å². The molecule has 188 valence electrons. The number of hydrogen-bond donors (Lipinski definition) is 4. The van der Waals surface area contributed by atoms with Crippen LogP contribution in [0, 0.1) is 0 Å². The summed E-state index contributed by atoms with van der Waals surface area (Å²) in [6.45, 7) is 11.4. The zero-order chi connectivity index (χ0) is 25.7. The van der Waals surface area contributed by atoms with Crippen molar-refractivity contribution in [3.63, 3.8) is 0 Å². The number of aliphatic carboxylic acids is 1. The van der Waals surface area contributed by atoms with Crippen molar-refractivity contribution in [2.24, 2.45) is 5.73 Å². The van der Waals surface area contributed by atoms with Crippen LogP contribution >= 0.6 is 11.6 Å². The molecule has 1 aromatic carbocycles. The number of nitrogens with two attached hydrogens (primary N) is 1. The van der Waals surface area contributed by atoms with E-state index < -0.39 is 29.8 Å². The second-order valence-electron chi connectivity index (χ2n) is 9.49. The van der Waals surface area contributed by atoms with Gasteiger partial charge in [-0.3, -0.25) is 0 Å². The first-order chi connectivity index (χ1) is 15.1. The van der Waals surface area contributed by atoms with E-state index in [1.54, 1.807) is 45.0 Å². The van der Waals surface area contributed by atoms with Crippen LogP contribution in [0.3, 0.4) is 0 Å². The maximum Gasteiger partial charge on any atom is 0.408 e. The van der Waals surface area contributed by atoms with E-state index >= 15 is 0 Å². The van der Waals surface area contributed by atoms with Crippen LogP contribution in [-0.2, 0) is 20.9 Å². The monoisotopic (exact) mass is 487 g/mol. The molecule has 0 saturated heterocycles. The average Bonchev–Trinajstić information content (AvgIpc) is 2.63. The lowest BCUT2D eigenvalue weighted by molar-refractivity contribution is -0.139. The molecule has 0 aromatic heterocycles. The molecule has 0 heterocycles. The van der Waals surface area contributed by atoms with Crippen LogP contribution in [0.4, 0.5) is 9.59 Å². The highest BCUT2D eigenvalue weighted by atomic mass is 35.5. The van der Waals surface area contributed by atoms with Crippen molar-refractivity contribution in [3.8, 4) is 0 Å². The molecule has 0 bridgehead atoms. The minimum Gasteiger partial charge on any atom is -0.480 e. The molecule has 0 unspecified atom stereocenters. The van der Waals surface area contributed by atoms with Gasteiger partial charge in [-0.15, -0.1) is 0 Å². The molecule has 0 fully saturated rings. The van der Waals surface area contributed by atoms with Crippen molar-refractivity contribution < 1.29 is 29.0 Å². The third-order valence-electron chi connectivity index (χ3n) is 3.49. The molecular formula is C23H38ClN3O6. The third kappa shape index (κ3) is 18.7. The number of rotatable bonds is 9. The molecule has 1 atom stereocenters. The second kappa shape index (κ2) is 14.6. The van der Waals surface area contributed by atoms with E-state index in [0.29, 0.717) is 30.0 Å². The third-order valence-corrected chi connectivity index (χ3v) is 3.86. The minimum absolute atomic E-state index is 0. The number of ether oxygens (including phenoxy) is 2. The first-order valence-corrected chi connectivity index (χ1v) is 11.1. The van der Waals surface area contributed by atoms with E-state index in [0.717, 1.165) is 0 Å². The van der Waals surface area contributed by atoms with Gasteiger partial charge in [-0.25, -0.2) is 14.4 Å². The zero-order valence-electron chi connectivity index (χ0n) is 20.4. The van der Waals surface area contributed by atoms with Gasteiger partial charge in [0.25, 0.3) is 0 Å². The fourth-order valence-corrected chi connectivity index (χ4v) is 2.37. The molecule has 0 saturated carbocycles. The molecule has 9 nitrogen and oxygen atoms in total. The van der Waals surface area contributed by atoms with Crippen LogP contribution in [0.1, 0.15) is 66.4 Å². The van der Waals surface area contributed by atoms with Crippen LogP contribution < -0.4 is 16.4 Å². The summed E-state index contributed by atoms with van der Waals surface area (Å²) in [6, 6.07) is 6.00. The van der Waals surface area contributed by atoms with Crippen LogP contribution in [-0.4, -0.2) is 47.0 Å². The normalized spacial score (nSPS) is 12.0. The van der Waals surface area contributed by atoms with Gasteiger partial charge < -0.3 is 30.9 Å². The molecule has 5 N–H and O–H groups in total. The van der Waals surface area contributed by atoms with Crippen molar-refractivity contribution in [2.75, 3.05) is 6.54 Å². The Balaban J connectivity index is 0.00000184. The summed E-state index contributed by atoms with van der Waals surface area (Å²) in [5.74, 6) is -1.14. The van der Waals surface area contributed by atoms with Crippen molar-refractivity contribution in [3.05, 3.63) is 34.9 Å². The van der Waals surface area contributed by atoms with E-state index in [2.05, 4.69) is 10.6 Å². The molecule has 0 aliphatic carbocycles. The summed E-state index contributed by atoms with van der Waals surface area (Å²) in [5.41, 5.74) is 5.35. The van der Waals surface area contributed by atoms with Crippen molar-refractivity contribution >= 4 is 29.8 Å². The molecule has 1 rings (SSSR count). The molecule has 2 amide bonds. The summed E-state index contributed by atoms with van der Waals surface area (Å²) >= 11 is 5.98. The Hall–Kier alpha value is -2.52. The molecule has 10 heteroatoms. The van der Waals surface area contributed by atoms with E-state index in [1.165, 1.54) is 0 Å². The summed E-state index contributed by atoms with van der Waals surface area (Å²) in [5, 5.41) is 14.6. The lowest BCUT2D eigenvalue weighted by atomic mass is 10.1. The first kappa shape index (κ1) is 30.5. The molecule has 1 aromatic rings. The van der Waals surface area contributed by atoms with Crippen LogP contribution in [0.15, 0.2) is 24.3 Å². The summed E-state index contributed by atoms with van der Waals surface area (Å²) in [6.07, 6.45) is -0.133. The van der Waals surface area contributed by atoms with E-state index in [4.69, 9.17) is 26.8 Å². The quantitative estimate of drug-likeness (QED) is 0.377. The molecule has 0 radical (unpaired) electrons. The molecule has 33 heavy (non-hydrogen) atoms. The maximum absolute atomic E-state index is 11.7. The number of carbonyl (C=O) groups is 3. The Morgan fingerprint density at radius 3 is 2.15 bits per heavy atom. The SMILES string of the molecule is CC(C)(C)N.CC(C)(C)OC(=O)N[C@@H](CCCCNC(=O)OCc1ccccc1Cl)C(=O)O. The summed E-state index contributed by atoms with van der Waals surface area (Å²) < 4.78 is 10.1. The van der Waals surface area contributed by atoms with Gasteiger partial charge >= 0.3 is 18.2 Å².